The highest BCUT2D eigenvalue weighted by molar-refractivity contribution is 6.21. The van der Waals surface area contributed by atoms with Gasteiger partial charge in [-0.25, -0.2) is 15.0 Å². The molecule has 0 saturated heterocycles. The first kappa shape index (κ1) is 26.6. The molecule has 0 unspecified atom stereocenters. The zero-order chi connectivity index (χ0) is 31.6. The molecule has 48 heavy (non-hydrogen) atoms. The van der Waals surface area contributed by atoms with E-state index in [1.54, 1.807) is 0 Å². The Balaban J connectivity index is 1.32. The number of para-hydroxylation sites is 2. The Hall–Kier alpha value is -6.59. The minimum Gasteiger partial charge on any atom is -0.456 e. The van der Waals surface area contributed by atoms with Crippen molar-refractivity contribution in [1.29, 1.82) is 0 Å². The molecule has 7 aromatic carbocycles. The highest BCUT2D eigenvalue weighted by atomic mass is 16.3. The fourth-order valence-corrected chi connectivity index (χ4v) is 7.09. The largest absolute Gasteiger partial charge is 0.456 e. The van der Waals surface area contributed by atoms with Gasteiger partial charge in [-0.1, -0.05) is 127 Å². The first-order valence-corrected chi connectivity index (χ1v) is 16.0. The monoisotopic (exact) mass is 614 g/mol. The molecule has 0 aliphatic carbocycles. The van der Waals surface area contributed by atoms with Crippen molar-refractivity contribution >= 4 is 54.5 Å². The van der Waals surface area contributed by atoms with Gasteiger partial charge in [0, 0.05) is 44.3 Å². The van der Waals surface area contributed by atoms with Crippen molar-refractivity contribution in [3.05, 3.63) is 158 Å². The Labute approximate surface area is 275 Å². The summed E-state index contributed by atoms with van der Waals surface area (Å²) in [6.07, 6.45) is 0. The molecule has 5 heteroatoms. The molecule has 3 heterocycles. The van der Waals surface area contributed by atoms with Crippen LogP contribution in [0, 0.1) is 0 Å². The Morgan fingerprint density at radius 2 is 1.02 bits per heavy atom. The summed E-state index contributed by atoms with van der Waals surface area (Å²) in [7, 11) is 0. The van der Waals surface area contributed by atoms with E-state index in [-0.39, 0.29) is 0 Å². The number of aromatic nitrogens is 4. The molecule has 0 fully saturated rings. The zero-order valence-corrected chi connectivity index (χ0v) is 25.7. The van der Waals surface area contributed by atoms with Gasteiger partial charge in [0.1, 0.15) is 11.2 Å². The minimum absolute atomic E-state index is 0.590. The molecule has 3 aromatic heterocycles. The Kier molecular flexibility index (Phi) is 5.81. The molecular weight excluding hydrogens is 589 g/mol. The number of nitrogens with zero attached hydrogens (tertiary/aromatic N) is 4. The molecule has 0 saturated carbocycles. The summed E-state index contributed by atoms with van der Waals surface area (Å²) in [6, 6.07) is 54.4. The van der Waals surface area contributed by atoms with E-state index in [0.717, 1.165) is 55.3 Å². The molecule has 0 aliphatic heterocycles. The van der Waals surface area contributed by atoms with Crippen LogP contribution >= 0.6 is 0 Å². The predicted octanol–water partition coefficient (Wildman–Crippen LogP) is 11.0. The summed E-state index contributed by atoms with van der Waals surface area (Å²) in [5.74, 6) is 1.83. The summed E-state index contributed by atoms with van der Waals surface area (Å²) in [5, 5.41) is 6.87. The molecule has 0 spiro atoms. The van der Waals surface area contributed by atoms with Crippen LogP contribution in [-0.2, 0) is 0 Å². The highest BCUT2D eigenvalue weighted by Gasteiger charge is 2.22. The van der Waals surface area contributed by atoms with Crippen molar-refractivity contribution < 1.29 is 4.42 Å². The van der Waals surface area contributed by atoms with E-state index in [1.807, 2.05) is 78.9 Å². The SMILES string of the molecule is c1ccc(-c2nc(-c3ccccc3)nc(-c3cc(-n4c5ccccc5c5c6ccccc6ccc54)cc4oc5ccccc5c34)n2)cc1. The Morgan fingerprint density at radius 3 is 1.77 bits per heavy atom. The third-order valence-corrected chi connectivity index (χ3v) is 9.22. The maximum atomic E-state index is 6.59. The molecule has 0 aliphatic rings. The maximum absolute atomic E-state index is 6.59. The smallest absolute Gasteiger partial charge is 0.164 e. The number of rotatable bonds is 4. The second-order valence-electron chi connectivity index (χ2n) is 12.0. The molecule has 10 rings (SSSR count). The van der Waals surface area contributed by atoms with E-state index in [2.05, 4.69) is 83.4 Å². The first-order chi connectivity index (χ1) is 23.8. The summed E-state index contributed by atoms with van der Waals surface area (Å²) in [6.45, 7) is 0. The van der Waals surface area contributed by atoms with Gasteiger partial charge in [-0.15, -0.1) is 0 Å². The standard InChI is InChI=1S/C43H26N4O/c1-3-14-28(15-4-1)41-44-42(29-16-5-2-6-17-29)46-43(45-41)34-25-30(26-38-40(34)33-20-10-12-22-37(33)48-38)47-35-21-11-9-19-32(35)39-31-18-8-7-13-27(31)23-24-36(39)47/h1-26H. The van der Waals surface area contributed by atoms with Gasteiger partial charge in [-0.3, -0.25) is 0 Å². The van der Waals surface area contributed by atoms with Gasteiger partial charge >= 0.3 is 0 Å². The van der Waals surface area contributed by atoms with E-state index in [4.69, 9.17) is 19.4 Å². The van der Waals surface area contributed by atoms with Gasteiger partial charge in [0.2, 0.25) is 0 Å². The van der Waals surface area contributed by atoms with Crippen LogP contribution in [0.15, 0.2) is 162 Å². The highest BCUT2D eigenvalue weighted by Crippen LogP contribution is 2.42. The quantitative estimate of drug-likeness (QED) is 0.198. The van der Waals surface area contributed by atoms with E-state index in [0.29, 0.717) is 17.5 Å². The number of benzene rings is 7. The second kappa shape index (κ2) is 10.5. The van der Waals surface area contributed by atoms with Crippen molar-refractivity contribution in [2.75, 3.05) is 0 Å². The predicted molar refractivity (Wildman–Crippen MR) is 195 cm³/mol. The van der Waals surface area contributed by atoms with Gasteiger partial charge in [0.15, 0.2) is 17.5 Å². The Bertz CT molecular complexity index is 2780. The van der Waals surface area contributed by atoms with Gasteiger partial charge in [0.05, 0.1) is 16.7 Å². The lowest BCUT2D eigenvalue weighted by molar-refractivity contribution is 0.668. The van der Waals surface area contributed by atoms with Crippen molar-refractivity contribution in [3.63, 3.8) is 0 Å². The van der Waals surface area contributed by atoms with Crippen LogP contribution in [0.25, 0.3) is 94.4 Å². The van der Waals surface area contributed by atoms with Crippen LogP contribution in [0.2, 0.25) is 0 Å². The third-order valence-electron chi connectivity index (χ3n) is 9.22. The van der Waals surface area contributed by atoms with Crippen LogP contribution in [-0.4, -0.2) is 19.5 Å². The topological polar surface area (TPSA) is 56.7 Å². The molecule has 0 N–H and O–H groups in total. The third kappa shape index (κ3) is 4.08. The molecule has 224 valence electrons. The van der Waals surface area contributed by atoms with Crippen LogP contribution in [0.3, 0.4) is 0 Å². The molecule has 5 nitrogen and oxygen atoms in total. The minimum atomic E-state index is 0.590. The molecule has 0 amide bonds. The van der Waals surface area contributed by atoms with E-state index < -0.39 is 0 Å². The zero-order valence-electron chi connectivity index (χ0n) is 25.7. The Morgan fingerprint density at radius 1 is 0.417 bits per heavy atom. The van der Waals surface area contributed by atoms with Crippen LogP contribution in [0.1, 0.15) is 0 Å². The van der Waals surface area contributed by atoms with Crippen molar-refractivity contribution in [2.24, 2.45) is 0 Å². The molecule has 0 bridgehead atoms. The summed E-state index contributed by atoms with van der Waals surface area (Å²) >= 11 is 0. The van der Waals surface area contributed by atoms with Gasteiger partial charge in [0.25, 0.3) is 0 Å². The summed E-state index contributed by atoms with van der Waals surface area (Å²) < 4.78 is 8.93. The van der Waals surface area contributed by atoms with Gasteiger partial charge < -0.3 is 8.98 Å². The van der Waals surface area contributed by atoms with Gasteiger partial charge in [-0.05, 0) is 35.0 Å². The number of hydrogen-bond donors (Lipinski definition) is 0. The van der Waals surface area contributed by atoms with Crippen molar-refractivity contribution in [1.82, 2.24) is 19.5 Å². The van der Waals surface area contributed by atoms with Crippen molar-refractivity contribution in [2.45, 2.75) is 0 Å². The lowest BCUT2D eigenvalue weighted by Gasteiger charge is -2.13. The van der Waals surface area contributed by atoms with E-state index in [9.17, 15) is 0 Å². The maximum Gasteiger partial charge on any atom is 0.164 e. The summed E-state index contributed by atoms with van der Waals surface area (Å²) in [5.41, 5.74) is 7.56. The number of furan rings is 1. The molecule has 10 aromatic rings. The van der Waals surface area contributed by atoms with E-state index in [1.165, 1.54) is 21.5 Å². The fraction of sp³-hybridized carbons (Fsp3) is 0. The van der Waals surface area contributed by atoms with Crippen LogP contribution < -0.4 is 0 Å². The molecule has 0 radical (unpaired) electrons. The lowest BCUT2D eigenvalue weighted by atomic mass is 10.0. The molecular formula is C43H26N4O. The van der Waals surface area contributed by atoms with Gasteiger partial charge in [-0.2, -0.15) is 0 Å². The number of hydrogen-bond acceptors (Lipinski definition) is 4. The van der Waals surface area contributed by atoms with Crippen LogP contribution in [0.4, 0.5) is 0 Å². The lowest BCUT2D eigenvalue weighted by Crippen LogP contribution is -2.01. The average Bonchev–Trinajstić information content (AvgIpc) is 3.71. The van der Waals surface area contributed by atoms with Crippen molar-refractivity contribution in [3.8, 4) is 39.9 Å². The fourth-order valence-electron chi connectivity index (χ4n) is 7.09. The average molecular weight is 615 g/mol. The second-order valence-corrected chi connectivity index (χ2v) is 12.0. The summed E-state index contributed by atoms with van der Waals surface area (Å²) in [4.78, 5) is 15.3. The molecule has 0 atom stereocenters. The number of fused-ring (bicyclic) bond motifs is 8. The first-order valence-electron chi connectivity index (χ1n) is 16.0. The normalized spacial score (nSPS) is 11.8. The van der Waals surface area contributed by atoms with Crippen LogP contribution in [0.5, 0.6) is 0 Å². The van der Waals surface area contributed by atoms with E-state index >= 15 is 0 Å².